The normalized spacial score (nSPS) is 17.4. The summed E-state index contributed by atoms with van der Waals surface area (Å²) in [5, 5.41) is 3.71. The van der Waals surface area contributed by atoms with E-state index in [0.717, 1.165) is 18.5 Å². The topological polar surface area (TPSA) is 50.9 Å². The molecule has 0 saturated heterocycles. The summed E-state index contributed by atoms with van der Waals surface area (Å²) in [5.41, 5.74) is 8.86. The predicted molar refractivity (Wildman–Crippen MR) is 87.0 cm³/mol. The molecule has 1 atom stereocenters. The largest absolute Gasteiger partial charge is 0.383 e. The summed E-state index contributed by atoms with van der Waals surface area (Å²) in [6.45, 7) is 3.19. The van der Waals surface area contributed by atoms with E-state index < -0.39 is 0 Å². The van der Waals surface area contributed by atoms with Crippen molar-refractivity contribution in [3.63, 3.8) is 0 Å². The van der Waals surface area contributed by atoms with Crippen LogP contribution in [-0.2, 0) is 5.41 Å². The molecule has 1 aliphatic rings. The Labute approximate surface area is 126 Å². The zero-order valence-electron chi connectivity index (χ0n) is 12.5. The van der Waals surface area contributed by atoms with Gasteiger partial charge in [-0.15, -0.1) is 0 Å². The van der Waals surface area contributed by atoms with E-state index in [0.29, 0.717) is 5.82 Å². The number of pyridine rings is 1. The van der Waals surface area contributed by atoms with Crippen molar-refractivity contribution in [3.05, 3.63) is 59.8 Å². The van der Waals surface area contributed by atoms with Gasteiger partial charge in [0, 0.05) is 23.2 Å². The number of nitrogen functional groups attached to an aromatic ring is 1. The zero-order chi connectivity index (χ0) is 14.7. The number of benzene rings is 1. The lowest BCUT2D eigenvalue weighted by Gasteiger charge is -2.29. The van der Waals surface area contributed by atoms with E-state index in [9.17, 15) is 0 Å². The van der Waals surface area contributed by atoms with Gasteiger partial charge in [-0.25, -0.2) is 4.98 Å². The van der Waals surface area contributed by atoms with E-state index >= 15 is 0 Å². The fourth-order valence-corrected chi connectivity index (χ4v) is 3.21. The number of nitrogens with one attached hydrogen (secondary N) is 1. The Balaban J connectivity index is 1.99. The molecule has 1 saturated carbocycles. The van der Waals surface area contributed by atoms with Gasteiger partial charge in [0.05, 0.1) is 0 Å². The third-order valence-electron chi connectivity index (χ3n) is 4.47. The van der Waals surface area contributed by atoms with E-state index in [-0.39, 0.29) is 11.5 Å². The summed E-state index contributed by atoms with van der Waals surface area (Å²) in [6, 6.07) is 15.1. The summed E-state index contributed by atoms with van der Waals surface area (Å²) in [6.07, 6.45) is 5.28. The van der Waals surface area contributed by atoms with Crippen LogP contribution in [0.5, 0.6) is 0 Å². The van der Waals surface area contributed by atoms with Crippen molar-refractivity contribution in [1.82, 2.24) is 10.3 Å². The van der Waals surface area contributed by atoms with Crippen molar-refractivity contribution in [2.24, 2.45) is 0 Å². The van der Waals surface area contributed by atoms with Gasteiger partial charge in [0.25, 0.3) is 0 Å². The molecule has 1 aromatic carbocycles. The molecule has 1 fully saturated rings. The molecule has 3 N–H and O–H groups in total. The Morgan fingerprint density at radius 3 is 2.57 bits per heavy atom. The molecule has 0 amide bonds. The Hall–Kier alpha value is -1.87. The van der Waals surface area contributed by atoms with Crippen molar-refractivity contribution in [1.29, 1.82) is 0 Å². The molecule has 3 heteroatoms. The third kappa shape index (κ3) is 2.66. The first-order valence-electron chi connectivity index (χ1n) is 7.77. The molecular weight excluding hydrogens is 258 g/mol. The fourth-order valence-electron chi connectivity index (χ4n) is 3.21. The molecule has 1 aliphatic carbocycles. The number of nitrogens with zero attached hydrogens (tertiary/aromatic N) is 1. The average molecular weight is 281 g/mol. The minimum Gasteiger partial charge on any atom is -0.383 e. The molecule has 0 radical (unpaired) electrons. The lowest BCUT2D eigenvalue weighted by molar-refractivity contribution is 0.429. The van der Waals surface area contributed by atoms with Gasteiger partial charge in [0.2, 0.25) is 0 Å². The second kappa shape index (κ2) is 5.86. The van der Waals surface area contributed by atoms with Crippen molar-refractivity contribution in [2.75, 3.05) is 12.3 Å². The maximum Gasteiger partial charge on any atom is 0.128 e. The Morgan fingerprint density at radius 1 is 1.19 bits per heavy atom. The first kappa shape index (κ1) is 14.1. The molecule has 0 aliphatic heterocycles. The standard InChI is InChI=1S/C18H23N3/c1-2-12-20-16(15-9-6-13-21-17(15)19)18(10-11-18)14-7-4-3-5-8-14/h3-9,13,16,20H,2,10-12H2,1H3,(H2,19,21). The van der Waals surface area contributed by atoms with Crippen LogP contribution in [0.4, 0.5) is 5.82 Å². The minimum absolute atomic E-state index is 0.174. The van der Waals surface area contributed by atoms with Crippen LogP contribution >= 0.6 is 0 Å². The molecule has 2 aromatic rings. The number of hydrogen-bond acceptors (Lipinski definition) is 3. The second-order valence-corrected chi connectivity index (χ2v) is 5.89. The monoisotopic (exact) mass is 281 g/mol. The zero-order valence-corrected chi connectivity index (χ0v) is 12.5. The molecule has 21 heavy (non-hydrogen) atoms. The van der Waals surface area contributed by atoms with Crippen LogP contribution < -0.4 is 11.1 Å². The minimum atomic E-state index is 0.174. The van der Waals surface area contributed by atoms with Crippen LogP contribution in [0, 0.1) is 0 Å². The van der Waals surface area contributed by atoms with Crippen molar-refractivity contribution in [3.8, 4) is 0 Å². The summed E-state index contributed by atoms with van der Waals surface area (Å²) >= 11 is 0. The third-order valence-corrected chi connectivity index (χ3v) is 4.47. The predicted octanol–water partition coefficient (Wildman–Crippen LogP) is 3.44. The van der Waals surface area contributed by atoms with Crippen LogP contribution in [0.15, 0.2) is 48.7 Å². The highest BCUT2D eigenvalue weighted by atomic mass is 15.0. The van der Waals surface area contributed by atoms with Gasteiger partial charge in [-0.2, -0.15) is 0 Å². The molecule has 110 valence electrons. The quantitative estimate of drug-likeness (QED) is 0.853. The van der Waals surface area contributed by atoms with E-state index in [1.807, 2.05) is 6.07 Å². The lowest BCUT2D eigenvalue weighted by Crippen LogP contribution is -2.33. The molecule has 1 unspecified atom stereocenters. The van der Waals surface area contributed by atoms with Crippen LogP contribution in [0.3, 0.4) is 0 Å². The van der Waals surface area contributed by atoms with Crippen LogP contribution in [0.25, 0.3) is 0 Å². The lowest BCUT2D eigenvalue weighted by atomic mass is 9.84. The molecule has 0 bridgehead atoms. The molecule has 1 heterocycles. The number of anilines is 1. The van der Waals surface area contributed by atoms with Gasteiger partial charge < -0.3 is 11.1 Å². The SMILES string of the molecule is CCCNC(c1cccnc1N)C1(c2ccccc2)CC1. The van der Waals surface area contributed by atoms with Gasteiger partial charge >= 0.3 is 0 Å². The summed E-state index contributed by atoms with van der Waals surface area (Å²) in [7, 11) is 0. The number of rotatable bonds is 6. The summed E-state index contributed by atoms with van der Waals surface area (Å²) in [4.78, 5) is 4.28. The molecule has 3 rings (SSSR count). The van der Waals surface area contributed by atoms with Gasteiger partial charge in [0.1, 0.15) is 5.82 Å². The summed E-state index contributed by atoms with van der Waals surface area (Å²) in [5.74, 6) is 0.647. The van der Waals surface area contributed by atoms with E-state index in [1.165, 1.54) is 18.4 Å². The molecule has 3 nitrogen and oxygen atoms in total. The second-order valence-electron chi connectivity index (χ2n) is 5.89. The van der Waals surface area contributed by atoms with E-state index in [1.54, 1.807) is 6.20 Å². The van der Waals surface area contributed by atoms with Crippen LogP contribution in [0.1, 0.15) is 43.4 Å². The smallest absolute Gasteiger partial charge is 0.128 e. The summed E-state index contributed by atoms with van der Waals surface area (Å²) < 4.78 is 0. The Bertz CT molecular complexity index is 590. The van der Waals surface area contributed by atoms with E-state index in [2.05, 4.69) is 53.6 Å². The van der Waals surface area contributed by atoms with Crippen LogP contribution in [0.2, 0.25) is 0 Å². The number of nitrogens with two attached hydrogens (primary N) is 1. The van der Waals surface area contributed by atoms with E-state index in [4.69, 9.17) is 5.73 Å². The van der Waals surface area contributed by atoms with Gasteiger partial charge in [-0.3, -0.25) is 0 Å². The van der Waals surface area contributed by atoms with Gasteiger partial charge in [0.15, 0.2) is 0 Å². The van der Waals surface area contributed by atoms with Crippen molar-refractivity contribution >= 4 is 5.82 Å². The molecule has 0 spiro atoms. The highest BCUT2D eigenvalue weighted by Crippen LogP contribution is 2.57. The molecule has 1 aromatic heterocycles. The highest BCUT2D eigenvalue weighted by Gasteiger charge is 2.51. The van der Waals surface area contributed by atoms with Gasteiger partial charge in [-0.1, -0.05) is 43.3 Å². The maximum atomic E-state index is 6.14. The Morgan fingerprint density at radius 2 is 1.95 bits per heavy atom. The number of hydrogen-bond donors (Lipinski definition) is 2. The fraction of sp³-hybridized carbons (Fsp3) is 0.389. The Kier molecular flexibility index (Phi) is 3.93. The van der Waals surface area contributed by atoms with Gasteiger partial charge in [-0.05, 0) is 37.4 Å². The first-order chi connectivity index (χ1) is 10.3. The van der Waals surface area contributed by atoms with Crippen molar-refractivity contribution in [2.45, 2.75) is 37.6 Å². The first-order valence-corrected chi connectivity index (χ1v) is 7.77. The maximum absolute atomic E-state index is 6.14. The number of aromatic nitrogens is 1. The highest BCUT2D eigenvalue weighted by molar-refractivity contribution is 5.47. The van der Waals surface area contributed by atoms with Crippen LogP contribution in [-0.4, -0.2) is 11.5 Å². The average Bonchev–Trinajstić information content (AvgIpc) is 3.32. The molecular formula is C18H23N3. The van der Waals surface area contributed by atoms with Crippen molar-refractivity contribution < 1.29 is 0 Å².